The van der Waals surface area contributed by atoms with E-state index in [1.165, 1.54) is 17.7 Å². The van der Waals surface area contributed by atoms with E-state index in [0.29, 0.717) is 19.0 Å². The van der Waals surface area contributed by atoms with Gasteiger partial charge in [-0.25, -0.2) is 9.97 Å². The fourth-order valence-electron chi connectivity index (χ4n) is 2.03. The lowest BCUT2D eigenvalue weighted by Crippen LogP contribution is -2.15. The van der Waals surface area contributed by atoms with Gasteiger partial charge in [-0.1, -0.05) is 0 Å². The van der Waals surface area contributed by atoms with Crippen LogP contribution in [0.3, 0.4) is 0 Å². The number of halogens is 1. The first-order valence-corrected chi connectivity index (χ1v) is 6.99. The first-order valence-electron chi connectivity index (χ1n) is 6.11. The molecule has 0 aliphatic carbocycles. The van der Waals surface area contributed by atoms with Crippen LogP contribution in [0.5, 0.6) is 11.5 Å². The van der Waals surface area contributed by atoms with Crippen molar-refractivity contribution in [2.45, 2.75) is 0 Å². The molecule has 0 saturated heterocycles. The molecule has 0 unspecified atom stereocenters. The van der Waals surface area contributed by atoms with Crippen LogP contribution in [0.15, 0.2) is 29.9 Å². The lowest BCUT2D eigenvalue weighted by atomic mass is 10.1. The number of fused-ring (bicyclic) bond motifs is 1. The van der Waals surface area contributed by atoms with Crippen LogP contribution in [-0.4, -0.2) is 33.4 Å². The summed E-state index contributed by atoms with van der Waals surface area (Å²) >= 11 is 1.52. The molecular weight excluding hydrogens is 356 g/mol. The quantitative estimate of drug-likeness (QED) is 0.754. The lowest BCUT2D eigenvalue weighted by Gasteiger charge is -2.18. The molecule has 0 spiro atoms. The molecule has 0 fully saturated rings. The highest BCUT2D eigenvalue weighted by molar-refractivity contribution is 8.93. The highest BCUT2D eigenvalue weighted by Crippen LogP contribution is 2.35. The maximum atomic E-state index is 5.59. The van der Waals surface area contributed by atoms with Crippen molar-refractivity contribution in [1.82, 2.24) is 20.2 Å². The third-order valence-corrected chi connectivity index (χ3v) is 3.81. The van der Waals surface area contributed by atoms with Gasteiger partial charge in [0.1, 0.15) is 19.5 Å². The Bertz CT molecular complexity index is 744. The number of thiazole rings is 1. The van der Waals surface area contributed by atoms with Crippen LogP contribution < -0.4 is 9.47 Å². The van der Waals surface area contributed by atoms with Crippen LogP contribution in [-0.2, 0) is 0 Å². The smallest absolute Gasteiger partial charge is 0.184 e. The summed E-state index contributed by atoms with van der Waals surface area (Å²) < 4.78 is 11.1. The van der Waals surface area contributed by atoms with Gasteiger partial charge in [0.25, 0.3) is 0 Å². The Morgan fingerprint density at radius 2 is 2.00 bits per heavy atom. The van der Waals surface area contributed by atoms with Crippen molar-refractivity contribution in [1.29, 1.82) is 0 Å². The molecule has 3 aromatic rings. The SMILES string of the molecule is Br.c1n[nH]c(-c2nc(-c3ccc4c(c3)OCCO4)cs2)n1. The molecule has 0 radical (unpaired) electrons. The van der Waals surface area contributed by atoms with E-state index in [-0.39, 0.29) is 17.0 Å². The monoisotopic (exact) mass is 366 g/mol. The van der Waals surface area contributed by atoms with E-state index in [1.807, 2.05) is 23.6 Å². The summed E-state index contributed by atoms with van der Waals surface area (Å²) in [6.45, 7) is 1.18. The normalized spacial score (nSPS) is 12.8. The second-order valence-corrected chi connectivity index (χ2v) is 5.09. The number of benzene rings is 1. The van der Waals surface area contributed by atoms with Crippen LogP contribution in [0.1, 0.15) is 0 Å². The van der Waals surface area contributed by atoms with Gasteiger partial charge < -0.3 is 9.47 Å². The number of H-pyrrole nitrogens is 1. The van der Waals surface area contributed by atoms with Gasteiger partial charge in [-0.3, -0.25) is 5.10 Å². The highest BCUT2D eigenvalue weighted by Gasteiger charge is 2.14. The van der Waals surface area contributed by atoms with Crippen molar-refractivity contribution >= 4 is 28.3 Å². The molecule has 0 atom stereocenters. The molecule has 3 heterocycles. The maximum Gasteiger partial charge on any atom is 0.184 e. The number of nitrogens with zero attached hydrogens (tertiary/aromatic N) is 3. The minimum Gasteiger partial charge on any atom is -0.486 e. The predicted molar refractivity (Wildman–Crippen MR) is 84.2 cm³/mol. The van der Waals surface area contributed by atoms with Crippen molar-refractivity contribution in [3.8, 4) is 33.6 Å². The third-order valence-electron chi connectivity index (χ3n) is 2.96. The van der Waals surface area contributed by atoms with Crippen LogP contribution in [0.4, 0.5) is 0 Å². The van der Waals surface area contributed by atoms with Crippen molar-refractivity contribution < 1.29 is 9.47 Å². The highest BCUT2D eigenvalue weighted by atomic mass is 79.9. The Labute approximate surface area is 134 Å². The Hall–Kier alpha value is -1.93. The number of nitrogens with one attached hydrogen (secondary N) is 1. The number of hydrogen-bond donors (Lipinski definition) is 1. The van der Waals surface area contributed by atoms with Crippen LogP contribution in [0.2, 0.25) is 0 Å². The van der Waals surface area contributed by atoms with E-state index in [4.69, 9.17) is 9.47 Å². The fourth-order valence-corrected chi connectivity index (χ4v) is 2.80. The van der Waals surface area contributed by atoms with Crippen LogP contribution >= 0.6 is 28.3 Å². The Morgan fingerprint density at radius 1 is 1.14 bits per heavy atom. The summed E-state index contributed by atoms with van der Waals surface area (Å²) in [5, 5.41) is 9.44. The Kier molecular flexibility index (Phi) is 3.89. The van der Waals surface area contributed by atoms with Crippen molar-refractivity contribution in [3.05, 3.63) is 29.9 Å². The van der Waals surface area contributed by atoms with Crippen molar-refractivity contribution in [3.63, 3.8) is 0 Å². The Morgan fingerprint density at radius 3 is 2.81 bits per heavy atom. The summed E-state index contributed by atoms with van der Waals surface area (Å²) in [6.07, 6.45) is 1.47. The zero-order valence-corrected chi connectivity index (χ0v) is 13.3. The topological polar surface area (TPSA) is 72.9 Å². The first kappa shape index (κ1) is 14.0. The number of aromatic nitrogens is 4. The fraction of sp³-hybridized carbons (Fsp3) is 0.154. The molecule has 0 bridgehead atoms. The summed E-state index contributed by atoms with van der Waals surface area (Å²) in [4.78, 5) is 8.66. The Balaban J connectivity index is 0.00000132. The van der Waals surface area contributed by atoms with E-state index in [9.17, 15) is 0 Å². The van der Waals surface area contributed by atoms with Crippen molar-refractivity contribution in [2.24, 2.45) is 0 Å². The van der Waals surface area contributed by atoms with Gasteiger partial charge in [-0.2, -0.15) is 5.10 Å². The molecular formula is C13H11BrN4O2S. The molecule has 108 valence electrons. The molecule has 2 aromatic heterocycles. The standard InChI is InChI=1S/C13H10N4O2S.BrH/c1-2-10-11(19-4-3-18-10)5-8(1)9-6-20-13(16-9)12-14-7-15-17-12;/h1-2,5-7H,3-4H2,(H,14,15,17);1H. The molecule has 1 aliphatic rings. The molecule has 0 saturated carbocycles. The molecule has 0 amide bonds. The predicted octanol–water partition coefficient (Wildman–Crippen LogP) is 2.94. The molecule has 6 nitrogen and oxygen atoms in total. The van der Waals surface area contributed by atoms with Gasteiger partial charge in [-0.05, 0) is 18.2 Å². The zero-order chi connectivity index (χ0) is 13.4. The van der Waals surface area contributed by atoms with Crippen LogP contribution in [0.25, 0.3) is 22.1 Å². The lowest BCUT2D eigenvalue weighted by molar-refractivity contribution is 0.171. The van der Waals surface area contributed by atoms with Gasteiger partial charge in [0.15, 0.2) is 22.3 Å². The minimum absolute atomic E-state index is 0. The number of aromatic amines is 1. The van der Waals surface area contributed by atoms with Crippen molar-refractivity contribution in [2.75, 3.05) is 13.2 Å². The third kappa shape index (κ3) is 2.64. The first-order chi connectivity index (χ1) is 9.90. The summed E-state index contributed by atoms with van der Waals surface area (Å²) in [5.74, 6) is 2.23. The van der Waals surface area contributed by atoms with Crippen LogP contribution in [0, 0.1) is 0 Å². The van der Waals surface area contributed by atoms with E-state index >= 15 is 0 Å². The van der Waals surface area contributed by atoms with E-state index < -0.39 is 0 Å². The largest absolute Gasteiger partial charge is 0.486 e. The summed E-state index contributed by atoms with van der Waals surface area (Å²) in [6, 6.07) is 5.84. The number of ether oxygens (including phenoxy) is 2. The molecule has 8 heteroatoms. The number of rotatable bonds is 2. The molecule has 1 N–H and O–H groups in total. The average Bonchev–Trinajstić information content (AvgIpc) is 3.17. The van der Waals surface area contributed by atoms with E-state index in [0.717, 1.165) is 27.8 Å². The molecule has 4 rings (SSSR count). The van der Waals surface area contributed by atoms with Gasteiger partial charge in [0, 0.05) is 10.9 Å². The minimum atomic E-state index is 0. The average molecular weight is 367 g/mol. The van der Waals surface area contributed by atoms with Gasteiger partial charge in [0.2, 0.25) is 0 Å². The molecule has 1 aromatic carbocycles. The zero-order valence-electron chi connectivity index (χ0n) is 10.8. The molecule has 21 heavy (non-hydrogen) atoms. The molecule has 1 aliphatic heterocycles. The van der Waals surface area contributed by atoms with E-state index in [2.05, 4.69) is 20.2 Å². The second-order valence-electron chi connectivity index (χ2n) is 4.23. The number of hydrogen-bond acceptors (Lipinski definition) is 6. The summed E-state index contributed by atoms with van der Waals surface area (Å²) in [5.41, 5.74) is 1.88. The van der Waals surface area contributed by atoms with Gasteiger partial charge in [0.05, 0.1) is 5.69 Å². The van der Waals surface area contributed by atoms with Gasteiger partial charge >= 0.3 is 0 Å². The maximum absolute atomic E-state index is 5.59. The second kappa shape index (κ2) is 5.82. The summed E-state index contributed by atoms with van der Waals surface area (Å²) in [7, 11) is 0. The van der Waals surface area contributed by atoms with E-state index in [1.54, 1.807) is 0 Å². The van der Waals surface area contributed by atoms with Gasteiger partial charge in [-0.15, -0.1) is 28.3 Å².